The van der Waals surface area contributed by atoms with Crippen molar-refractivity contribution in [3.63, 3.8) is 0 Å². The number of carbonyl (C=O) groups excluding carboxylic acids is 2. The van der Waals surface area contributed by atoms with Crippen LogP contribution < -0.4 is 11.2 Å². The van der Waals surface area contributed by atoms with Gasteiger partial charge < -0.3 is 9.74 Å². The van der Waals surface area contributed by atoms with Gasteiger partial charge in [0.2, 0.25) is 0 Å². The molecule has 0 aliphatic rings. The lowest BCUT2D eigenvalue weighted by Gasteiger charge is -2.37. The molecule has 0 saturated carbocycles. The van der Waals surface area contributed by atoms with Gasteiger partial charge in [0.15, 0.2) is 8.32 Å². The lowest BCUT2D eigenvalue weighted by molar-refractivity contribution is -0.130. The van der Waals surface area contributed by atoms with Gasteiger partial charge >= 0.3 is 0 Å². The van der Waals surface area contributed by atoms with Gasteiger partial charge in [0.1, 0.15) is 12.1 Å². The van der Waals surface area contributed by atoms with Crippen LogP contribution in [-0.4, -0.2) is 37.8 Å². The number of hydrogen-bond acceptors (Lipinski definition) is 7. The number of hydrazine groups is 1. The van der Waals surface area contributed by atoms with Crippen LogP contribution in [0.3, 0.4) is 0 Å². The average molecular weight is 512 g/mol. The first-order valence-corrected chi connectivity index (χ1v) is 14.2. The average Bonchev–Trinajstić information content (AvgIpc) is 2.82. The Morgan fingerprint density at radius 2 is 1.74 bits per heavy atom. The fourth-order valence-corrected chi connectivity index (χ4v) is 4.12. The van der Waals surface area contributed by atoms with E-state index in [1.54, 1.807) is 19.1 Å². The van der Waals surface area contributed by atoms with Crippen LogP contribution in [0.1, 0.15) is 47.8 Å². The van der Waals surface area contributed by atoms with Crippen molar-refractivity contribution in [1.29, 1.82) is 10.5 Å². The Balaban J connectivity index is 2.37. The molecule has 1 atom stereocenters. The summed E-state index contributed by atoms with van der Waals surface area (Å²) in [6.45, 7) is 12.1. The monoisotopic (exact) mass is 511 g/mol. The molecule has 2 rings (SSSR count). The number of amides is 2. The number of halogens is 1. The molecule has 8 nitrogen and oxygen atoms in total. The van der Waals surface area contributed by atoms with Crippen LogP contribution in [0.2, 0.25) is 23.2 Å². The van der Waals surface area contributed by atoms with E-state index in [2.05, 4.69) is 39.2 Å². The summed E-state index contributed by atoms with van der Waals surface area (Å²) in [7, 11) is -2.24. The Morgan fingerprint density at radius 3 is 2.26 bits per heavy atom. The Bertz CT molecular complexity index is 1190. The molecule has 2 aromatic carbocycles. The standard InChI is InChI=1S/C25H30ClN5O3Si/c1-16-20(12-11-19(14-28)22(16)26)30-21(15-34-35(5,6)25(2,3)4)24(33)31(29)23(32)18-9-7-17(13-27)8-10-18/h7-12,21,30H,15,29H2,1-6H3. The Labute approximate surface area is 212 Å². The van der Waals surface area contributed by atoms with Gasteiger partial charge in [-0.25, -0.2) is 10.9 Å². The van der Waals surface area contributed by atoms with Gasteiger partial charge in [-0.1, -0.05) is 32.4 Å². The Kier molecular flexibility index (Phi) is 8.82. The van der Waals surface area contributed by atoms with E-state index in [0.29, 0.717) is 27.4 Å². The number of nitrogens with two attached hydrogens (primary N) is 1. The quantitative estimate of drug-likeness (QED) is 0.237. The molecule has 0 aromatic heterocycles. The minimum atomic E-state index is -2.24. The van der Waals surface area contributed by atoms with Crippen molar-refractivity contribution < 1.29 is 14.0 Å². The minimum Gasteiger partial charge on any atom is -0.414 e. The molecule has 1 unspecified atom stereocenters. The normalized spacial score (nSPS) is 12.3. The molecule has 184 valence electrons. The highest BCUT2D eigenvalue weighted by Gasteiger charge is 2.39. The van der Waals surface area contributed by atoms with Crippen LogP contribution in [0.25, 0.3) is 0 Å². The van der Waals surface area contributed by atoms with Crippen LogP contribution >= 0.6 is 11.6 Å². The third-order valence-electron chi connectivity index (χ3n) is 6.27. The molecule has 2 amide bonds. The number of imide groups is 1. The number of hydrogen-bond donors (Lipinski definition) is 2. The van der Waals surface area contributed by atoms with E-state index in [4.69, 9.17) is 27.1 Å². The molecule has 0 radical (unpaired) electrons. The minimum absolute atomic E-state index is 0.0270. The van der Waals surface area contributed by atoms with Gasteiger partial charge in [-0.15, -0.1) is 0 Å². The molecule has 0 aliphatic carbocycles. The van der Waals surface area contributed by atoms with Gasteiger partial charge in [-0.05, 0) is 67.0 Å². The van der Waals surface area contributed by atoms with E-state index in [0.717, 1.165) is 0 Å². The molecule has 2 aromatic rings. The zero-order valence-electron chi connectivity index (χ0n) is 20.8. The predicted molar refractivity (Wildman–Crippen MR) is 138 cm³/mol. The van der Waals surface area contributed by atoms with E-state index in [1.807, 2.05) is 12.1 Å². The van der Waals surface area contributed by atoms with Crippen molar-refractivity contribution in [2.45, 2.75) is 51.9 Å². The number of nitriles is 2. The zero-order chi connectivity index (χ0) is 26.6. The molecule has 0 saturated heterocycles. The van der Waals surface area contributed by atoms with Gasteiger partial charge in [0.05, 0.1) is 28.8 Å². The van der Waals surface area contributed by atoms with E-state index >= 15 is 0 Å². The number of nitrogens with one attached hydrogen (secondary N) is 1. The second-order valence-electron chi connectivity index (χ2n) is 9.68. The Morgan fingerprint density at radius 1 is 1.14 bits per heavy atom. The third-order valence-corrected chi connectivity index (χ3v) is 11.3. The highest BCUT2D eigenvalue weighted by Crippen LogP contribution is 2.37. The van der Waals surface area contributed by atoms with Crippen molar-refractivity contribution in [1.82, 2.24) is 5.01 Å². The first kappa shape index (κ1) is 28.0. The van der Waals surface area contributed by atoms with E-state index in [1.165, 1.54) is 24.3 Å². The second-order valence-corrected chi connectivity index (χ2v) is 14.9. The van der Waals surface area contributed by atoms with Crippen molar-refractivity contribution in [2.24, 2.45) is 5.84 Å². The van der Waals surface area contributed by atoms with E-state index in [-0.39, 0.29) is 22.2 Å². The van der Waals surface area contributed by atoms with E-state index in [9.17, 15) is 14.9 Å². The lowest BCUT2D eigenvalue weighted by Crippen LogP contribution is -2.53. The first-order valence-electron chi connectivity index (χ1n) is 11.0. The highest BCUT2D eigenvalue weighted by atomic mass is 35.5. The molecule has 3 N–H and O–H groups in total. The molecule has 0 fully saturated rings. The van der Waals surface area contributed by atoms with Gasteiger partial charge in [-0.2, -0.15) is 10.5 Å². The van der Waals surface area contributed by atoms with Crippen molar-refractivity contribution in [2.75, 3.05) is 11.9 Å². The third kappa shape index (κ3) is 6.47. The van der Waals surface area contributed by atoms with E-state index < -0.39 is 26.2 Å². The SMILES string of the molecule is Cc1c(NC(CO[Si](C)(C)C(C)(C)C)C(=O)N(N)C(=O)c2ccc(C#N)cc2)ccc(C#N)c1Cl. The summed E-state index contributed by atoms with van der Waals surface area (Å²) in [4.78, 5) is 26.3. The van der Waals surface area contributed by atoms with Gasteiger partial charge in [0, 0.05) is 11.3 Å². The summed E-state index contributed by atoms with van der Waals surface area (Å²) in [5.74, 6) is 4.56. The van der Waals surface area contributed by atoms with Crippen molar-refractivity contribution in [3.05, 3.63) is 63.7 Å². The summed E-state index contributed by atoms with van der Waals surface area (Å²) in [6, 6.07) is 12.0. The Hall–Kier alpha value is -3.21. The van der Waals surface area contributed by atoms with Crippen LogP contribution in [-0.2, 0) is 9.22 Å². The molecule has 0 spiro atoms. The molecule has 10 heteroatoms. The van der Waals surface area contributed by atoms with Crippen LogP contribution in [0.5, 0.6) is 0 Å². The summed E-state index contributed by atoms with van der Waals surface area (Å²) in [5.41, 5.74) is 1.96. The molecule has 0 heterocycles. The zero-order valence-corrected chi connectivity index (χ0v) is 22.5. The fourth-order valence-electron chi connectivity index (χ4n) is 2.89. The first-order chi connectivity index (χ1) is 16.2. The van der Waals surface area contributed by atoms with Gasteiger partial charge in [0.25, 0.3) is 11.8 Å². The maximum Gasteiger partial charge on any atom is 0.274 e. The number of rotatable bonds is 7. The van der Waals surface area contributed by atoms with Crippen LogP contribution in [0.4, 0.5) is 5.69 Å². The van der Waals surface area contributed by atoms with Gasteiger partial charge in [-0.3, -0.25) is 9.59 Å². The summed E-state index contributed by atoms with van der Waals surface area (Å²) >= 11 is 6.30. The highest BCUT2D eigenvalue weighted by molar-refractivity contribution is 6.74. The largest absolute Gasteiger partial charge is 0.414 e. The fraction of sp³-hybridized carbons (Fsp3) is 0.360. The lowest BCUT2D eigenvalue weighted by atomic mass is 10.1. The molecule has 0 bridgehead atoms. The number of anilines is 1. The summed E-state index contributed by atoms with van der Waals surface area (Å²) in [6.07, 6.45) is 0. The summed E-state index contributed by atoms with van der Waals surface area (Å²) < 4.78 is 6.27. The van der Waals surface area contributed by atoms with Crippen molar-refractivity contribution >= 4 is 37.4 Å². The van der Waals surface area contributed by atoms with Crippen LogP contribution in [0, 0.1) is 29.6 Å². The van der Waals surface area contributed by atoms with Crippen LogP contribution in [0.15, 0.2) is 36.4 Å². The number of carbonyl (C=O) groups is 2. The molecular weight excluding hydrogens is 482 g/mol. The molecule has 0 aliphatic heterocycles. The number of nitrogens with zero attached hydrogens (tertiary/aromatic N) is 3. The maximum atomic E-state index is 13.4. The number of benzene rings is 2. The summed E-state index contributed by atoms with van der Waals surface area (Å²) in [5, 5.41) is 22.0. The topological polar surface area (TPSA) is 132 Å². The van der Waals surface area contributed by atoms with Crippen molar-refractivity contribution in [3.8, 4) is 12.1 Å². The molecule has 35 heavy (non-hydrogen) atoms. The predicted octanol–water partition coefficient (Wildman–Crippen LogP) is 4.74. The molecular formula is C25H30ClN5O3Si. The smallest absolute Gasteiger partial charge is 0.274 e. The second kappa shape index (κ2) is 11.0. The maximum absolute atomic E-state index is 13.4.